The summed E-state index contributed by atoms with van der Waals surface area (Å²) < 4.78 is 0. The van der Waals surface area contributed by atoms with E-state index >= 15 is 0 Å². The standard InChI is InChI=1S/C13H16N2O2/c1-2-7-15(8-6-14)13(17)10-11-4-3-5-12(16)9-11/h3-5,9,16H,2,7-8,10H2,1H3. The fourth-order valence-corrected chi connectivity index (χ4v) is 1.60. The van der Waals surface area contributed by atoms with Gasteiger partial charge < -0.3 is 10.0 Å². The molecule has 1 aromatic rings. The number of nitrogens with zero attached hydrogens (tertiary/aromatic N) is 2. The van der Waals surface area contributed by atoms with Gasteiger partial charge in [-0.3, -0.25) is 4.79 Å². The van der Waals surface area contributed by atoms with Crippen molar-refractivity contribution in [2.45, 2.75) is 19.8 Å². The molecule has 17 heavy (non-hydrogen) atoms. The van der Waals surface area contributed by atoms with Crippen molar-refractivity contribution in [1.29, 1.82) is 5.26 Å². The predicted octanol–water partition coefficient (Wildman–Crippen LogP) is 1.70. The number of hydrogen-bond donors (Lipinski definition) is 1. The van der Waals surface area contributed by atoms with Gasteiger partial charge in [-0.1, -0.05) is 19.1 Å². The molecular weight excluding hydrogens is 216 g/mol. The smallest absolute Gasteiger partial charge is 0.227 e. The molecule has 1 amide bonds. The molecule has 0 heterocycles. The van der Waals surface area contributed by atoms with E-state index in [-0.39, 0.29) is 24.6 Å². The summed E-state index contributed by atoms with van der Waals surface area (Å²) in [6.45, 7) is 2.67. The molecule has 0 aliphatic heterocycles. The molecule has 0 fully saturated rings. The van der Waals surface area contributed by atoms with Crippen LogP contribution in [0.1, 0.15) is 18.9 Å². The molecule has 4 nitrogen and oxygen atoms in total. The van der Waals surface area contributed by atoms with Crippen LogP contribution < -0.4 is 0 Å². The molecule has 0 saturated heterocycles. The normalized spacial score (nSPS) is 9.65. The maximum absolute atomic E-state index is 11.9. The minimum absolute atomic E-state index is 0.0843. The summed E-state index contributed by atoms with van der Waals surface area (Å²) in [4.78, 5) is 13.4. The monoisotopic (exact) mass is 232 g/mol. The molecule has 90 valence electrons. The molecule has 0 bridgehead atoms. The van der Waals surface area contributed by atoms with Crippen molar-refractivity contribution in [2.75, 3.05) is 13.1 Å². The van der Waals surface area contributed by atoms with E-state index in [0.717, 1.165) is 12.0 Å². The number of hydrogen-bond acceptors (Lipinski definition) is 3. The first kappa shape index (κ1) is 13.0. The Morgan fingerprint density at radius 3 is 2.88 bits per heavy atom. The maximum atomic E-state index is 11.9. The van der Waals surface area contributed by atoms with Gasteiger partial charge in [0.1, 0.15) is 12.3 Å². The summed E-state index contributed by atoms with van der Waals surface area (Å²) in [5.41, 5.74) is 0.758. The third kappa shape index (κ3) is 4.15. The van der Waals surface area contributed by atoms with Crippen molar-refractivity contribution in [3.63, 3.8) is 0 Å². The van der Waals surface area contributed by atoms with Crippen molar-refractivity contribution < 1.29 is 9.90 Å². The molecule has 0 aliphatic rings. The van der Waals surface area contributed by atoms with Gasteiger partial charge in [0.05, 0.1) is 12.5 Å². The Balaban J connectivity index is 2.66. The molecule has 1 rings (SSSR count). The lowest BCUT2D eigenvalue weighted by molar-refractivity contribution is -0.129. The van der Waals surface area contributed by atoms with Crippen molar-refractivity contribution in [2.24, 2.45) is 0 Å². The first-order valence-corrected chi connectivity index (χ1v) is 5.60. The molecular formula is C13H16N2O2. The average Bonchev–Trinajstić information content (AvgIpc) is 2.28. The Bertz CT molecular complexity index is 424. The Kier molecular flexibility index (Phi) is 5.02. The van der Waals surface area contributed by atoms with E-state index in [4.69, 9.17) is 5.26 Å². The minimum atomic E-state index is -0.0843. The van der Waals surface area contributed by atoms with E-state index in [1.165, 1.54) is 4.90 Å². The second-order valence-electron chi connectivity index (χ2n) is 3.82. The molecule has 1 N–H and O–H groups in total. The van der Waals surface area contributed by atoms with Crippen LogP contribution in [0.3, 0.4) is 0 Å². The summed E-state index contributed by atoms with van der Waals surface area (Å²) in [6.07, 6.45) is 1.05. The van der Waals surface area contributed by atoms with Crippen LogP contribution in [0.15, 0.2) is 24.3 Å². The van der Waals surface area contributed by atoms with Gasteiger partial charge in [-0.25, -0.2) is 0 Å². The first-order valence-electron chi connectivity index (χ1n) is 5.60. The van der Waals surface area contributed by atoms with Crippen LogP contribution in [0.4, 0.5) is 0 Å². The summed E-state index contributed by atoms with van der Waals surface area (Å²) >= 11 is 0. The predicted molar refractivity (Wildman–Crippen MR) is 64.3 cm³/mol. The molecule has 0 atom stereocenters. The van der Waals surface area contributed by atoms with Crippen LogP contribution >= 0.6 is 0 Å². The summed E-state index contributed by atoms with van der Waals surface area (Å²) in [5, 5.41) is 17.9. The molecule has 0 aromatic heterocycles. The lowest BCUT2D eigenvalue weighted by Crippen LogP contribution is -2.33. The van der Waals surface area contributed by atoms with Crippen LogP contribution in [0.2, 0.25) is 0 Å². The minimum Gasteiger partial charge on any atom is -0.508 e. The maximum Gasteiger partial charge on any atom is 0.227 e. The van der Waals surface area contributed by atoms with E-state index in [0.29, 0.717) is 6.54 Å². The van der Waals surface area contributed by atoms with Crippen molar-refractivity contribution in [3.05, 3.63) is 29.8 Å². The number of carbonyl (C=O) groups excluding carboxylic acids is 1. The highest BCUT2D eigenvalue weighted by Crippen LogP contribution is 2.12. The van der Waals surface area contributed by atoms with Gasteiger partial charge in [-0.15, -0.1) is 0 Å². The lowest BCUT2D eigenvalue weighted by atomic mass is 10.1. The molecule has 0 unspecified atom stereocenters. The van der Waals surface area contributed by atoms with Gasteiger partial charge in [0, 0.05) is 6.54 Å². The molecule has 0 aliphatic carbocycles. The van der Waals surface area contributed by atoms with Crippen molar-refractivity contribution in [1.82, 2.24) is 4.90 Å². The second kappa shape index (κ2) is 6.54. The number of nitriles is 1. The zero-order chi connectivity index (χ0) is 12.7. The van der Waals surface area contributed by atoms with Gasteiger partial charge >= 0.3 is 0 Å². The van der Waals surface area contributed by atoms with Crippen LogP contribution in [-0.2, 0) is 11.2 Å². The van der Waals surface area contributed by atoms with Gasteiger partial charge in [-0.2, -0.15) is 5.26 Å². The third-order valence-corrected chi connectivity index (χ3v) is 2.37. The molecule has 1 aromatic carbocycles. The van der Waals surface area contributed by atoms with E-state index in [2.05, 4.69) is 0 Å². The van der Waals surface area contributed by atoms with Gasteiger partial charge in [0.15, 0.2) is 0 Å². The number of amides is 1. The third-order valence-electron chi connectivity index (χ3n) is 2.37. The van der Waals surface area contributed by atoms with Crippen LogP contribution in [0.25, 0.3) is 0 Å². The Labute approximate surface area is 101 Å². The second-order valence-corrected chi connectivity index (χ2v) is 3.82. The zero-order valence-corrected chi connectivity index (χ0v) is 9.89. The average molecular weight is 232 g/mol. The zero-order valence-electron chi connectivity index (χ0n) is 9.89. The highest BCUT2D eigenvalue weighted by molar-refractivity contribution is 5.79. The SMILES string of the molecule is CCCN(CC#N)C(=O)Cc1cccc(O)c1. The number of aromatic hydroxyl groups is 1. The summed E-state index contributed by atoms with van der Waals surface area (Å²) in [6, 6.07) is 8.60. The van der Waals surface area contributed by atoms with E-state index in [9.17, 15) is 9.90 Å². The highest BCUT2D eigenvalue weighted by Gasteiger charge is 2.12. The quantitative estimate of drug-likeness (QED) is 0.786. The number of phenols is 1. The van der Waals surface area contributed by atoms with E-state index in [1.807, 2.05) is 13.0 Å². The number of carbonyl (C=O) groups is 1. The van der Waals surface area contributed by atoms with Crippen molar-refractivity contribution >= 4 is 5.91 Å². The molecule has 4 heteroatoms. The first-order chi connectivity index (χ1) is 8.17. The Morgan fingerprint density at radius 2 is 2.29 bits per heavy atom. The fourth-order valence-electron chi connectivity index (χ4n) is 1.60. The van der Waals surface area contributed by atoms with Crippen LogP contribution in [0, 0.1) is 11.3 Å². The van der Waals surface area contributed by atoms with E-state index in [1.54, 1.807) is 24.3 Å². The van der Waals surface area contributed by atoms with Gasteiger partial charge in [0.25, 0.3) is 0 Å². The lowest BCUT2D eigenvalue weighted by Gasteiger charge is -2.18. The molecule has 0 spiro atoms. The number of phenolic OH excluding ortho intramolecular Hbond substituents is 1. The highest BCUT2D eigenvalue weighted by atomic mass is 16.3. The Hall–Kier alpha value is -2.02. The molecule has 0 radical (unpaired) electrons. The van der Waals surface area contributed by atoms with E-state index < -0.39 is 0 Å². The summed E-state index contributed by atoms with van der Waals surface area (Å²) in [5.74, 6) is 0.0663. The summed E-state index contributed by atoms with van der Waals surface area (Å²) in [7, 11) is 0. The van der Waals surface area contributed by atoms with Gasteiger partial charge in [-0.05, 0) is 24.1 Å². The Morgan fingerprint density at radius 1 is 1.53 bits per heavy atom. The van der Waals surface area contributed by atoms with Crippen LogP contribution in [-0.4, -0.2) is 29.0 Å². The largest absolute Gasteiger partial charge is 0.508 e. The van der Waals surface area contributed by atoms with Gasteiger partial charge in [0.2, 0.25) is 5.91 Å². The number of rotatable bonds is 5. The fraction of sp³-hybridized carbons (Fsp3) is 0.385. The topological polar surface area (TPSA) is 64.3 Å². The van der Waals surface area contributed by atoms with Crippen molar-refractivity contribution in [3.8, 4) is 11.8 Å². The molecule has 0 saturated carbocycles. The number of benzene rings is 1. The van der Waals surface area contributed by atoms with Crippen LogP contribution in [0.5, 0.6) is 5.75 Å².